The maximum Gasteiger partial charge on any atom is 0.274 e. The quantitative estimate of drug-likeness (QED) is 0.628. The maximum atomic E-state index is 12.7. The van der Waals surface area contributed by atoms with E-state index in [4.69, 9.17) is 4.74 Å². The van der Waals surface area contributed by atoms with Gasteiger partial charge in [0.2, 0.25) is 0 Å². The summed E-state index contributed by atoms with van der Waals surface area (Å²) in [6, 6.07) is 15.6. The van der Waals surface area contributed by atoms with Gasteiger partial charge in [-0.2, -0.15) is 0 Å². The van der Waals surface area contributed by atoms with Gasteiger partial charge in [0, 0.05) is 18.3 Å². The minimum atomic E-state index is -0.251. The van der Waals surface area contributed by atoms with Crippen molar-refractivity contribution in [2.24, 2.45) is 0 Å². The first-order valence-electron chi connectivity index (χ1n) is 9.55. The first kappa shape index (κ1) is 20.3. The van der Waals surface area contributed by atoms with Crippen LogP contribution in [0.5, 0.6) is 5.75 Å². The molecule has 0 unspecified atom stereocenters. The number of hydrogen-bond donors (Lipinski definition) is 2. The standard InChI is InChI=1S/C23H26N4O2/c1-15-11-16(2)13-19(12-15)27-23(28)21-14-22(26-17(3)25-21)24-10-9-18-5-7-20(29-4)8-6-18/h5-8,11-14H,9-10H2,1-4H3,(H,27,28)(H,24,25,26). The third-order valence-corrected chi connectivity index (χ3v) is 4.43. The summed E-state index contributed by atoms with van der Waals surface area (Å²) in [5, 5.41) is 6.20. The van der Waals surface area contributed by atoms with Crippen LogP contribution in [0, 0.1) is 20.8 Å². The minimum absolute atomic E-state index is 0.251. The molecule has 29 heavy (non-hydrogen) atoms. The number of benzene rings is 2. The van der Waals surface area contributed by atoms with Crippen molar-refractivity contribution in [3.05, 3.63) is 76.7 Å². The Morgan fingerprint density at radius 2 is 1.66 bits per heavy atom. The highest BCUT2D eigenvalue weighted by atomic mass is 16.5. The number of aryl methyl sites for hydroxylation is 3. The molecule has 0 radical (unpaired) electrons. The molecule has 6 heteroatoms. The van der Waals surface area contributed by atoms with Crippen molar-refractivity contribution in [3.8, 4) is 5.75 Å². The average Bonchev–Trinajstić information content (AvgIpc) is 2.67. The van der Waals surface area contributed by atoms with Gasteiger partial charge in [0.15, 0.2) is 0 Å². The minimum Gasteiger partial charge on any atom is -0.497 e. The number of rotatable bonds is 7. The van der Waals surface area contributed by atoms with Crippen molar-refractivity contribution in [1.29, 1.82) is 0 Å². The number of hydrogen-bond acceptors (Lipinski definition) is 5. The van der Waals surface area contributed by atoms with E-state index in [0.29, 0.717) is 23.9 Å². The lowest BCUT2D eigenvalue weighted by Gasteiger charge is -2.10. The van der Waals surface area contributed by atoms with Gasteiger partial charge in [-0.1, -0.05) is 18.2 Å². The maximum absolute atomic E-state index is 12.7. The largest absolute Gasteiger partial charge is 0.497 e. The van der Waals surface area contributed by atoms with Crippen molar-refractivity contribution in [2.75, 3.05) is 24.3 Å². The van der Waals surface area contributed by atoms with E-state index < -0.39 is 0 Å². The molecule has 1 aromatic heterocycles. The third-order valence-electron chi connectivity index (χ3n) is 4.43. The molecule has 2 aromatic carbocycles. The lowest BCUT2D eigenvalue weighted by Crippen LogP contribution is -2.16. The van der Waals surface area contributed by atoms with Crippen molar-refractivity contribution < 1.29 is 9.53 Å². The van der Waals surface area contributed by atoms with Crippen molar-refractivity contribution in [1.82, 2.24) is 9.97 Å². The number of amides is 1. The number of anilines is 2. The van der Waals surface area contributed by atoms with Crippen LogP contribution in [0.15, 0.2) is 48.5 Å². The molecule has 0 saturated carbocycles. The predicted octanol–water partition coefficient (Wildman–Crippen LogP) is 4.32. The second-order valence-electron chi connectivity index (χ2n) is 7.04. The lowest BCUT2D eigenvalue weighted by atomic mass is 10.1. The van der Waals surface area contributed by atoms with E-state index in [9.17, 15) is 4.79 Å². The molecule has 0 aliphatic carbocycles. The molecule has 1 amide bonds. The molecule has 1 heterocycles. The van der Waals surface area contributed by atoms with Crippen LogP contribution in [0.4, 0.5) is 11.5 Å². The van der Waals surface area contributed by atoms with Crippen LogP contribution in [0.1, 0.15) is 33.0 Å². The van der Waals surface area contributed by atoms with Crippen molar-refractivity contribution in [2.45, 2.75) is 27.2 Å². The molecule has 0 atom stereocenters. The van der Waals surface area contributed by atoms with Gasteiger partial charge in [-0.15, -0.1) is 0 Å². The normalized spacial score (nSPS) is 10.5. The van der Waals surface area contributed by atoms with E-state index in [-0.39, 0.29) is 5.91 Å². The second kappa shape index (κ2) is 9.19. The van der Waals surface area contributed by atoms with Crippen molar-refractivity contribution in [3.63, 3.8) is 0 Å². The predicted molar refractivity (Wildman–Crippen MR) is 116 cm³/mol. The number of methoxy groups -OCH3 is 1. The number of ether oxygens (including phenoxy) is 1. The number of aromatic nitrogens is 2. The summed E-state index contributed by atoms with van der Waals surface area (Å²) in [5.41, 5.74) is 4.48. The summed E-state index contributed by atoms with van der Waals surface area (Å²) in [6.07, 6.45) is 0.830. The van der Waals surface area contributed by atoms with E-state index in [2.05, 4.69) is 26.7 Å². The molecular weight excluding hydrogens is 364 g/mol. The van der Waals surface area contributed by atoms with Gasteiger partial charge in [0.1, 0.15) is 23.1 Å². The molecule has 0 saturated heterocycles. The van der Waals surface area contributed by atoms with Gasteiger partial charge < -0.3 is 15.4 Å². The van der Waals surface area contributed by atoms with E-state index >= 15 is 0 Å². The van der Waals surface area contributed by atoms with E-state index in [1.165, 1.54) is 5.56 Å². The number of carbonyl (C=O) groups is 1. The highest BCUT2D eigenvalue weighted by molar-refractivity contribution is 6.03. The van der Waals surface area contributed by atoms with E-state index in [1.54, 1.807) is 20.1 Å². The molecule has 150 valence electrons. The fourth-order valence-electron chi connectivity index (χ4n) is 3.14. The first-order valence-corrected chi connectivity index (χ1v) is 9.55. The highest BCUT2D eigenvalue weighted by Gasteiger charge is 2.11. The van der Waals surface area contributed by atoms with Crippen LogP contribution in [0.3, 0.4) is 0 Å². The average molecular weight is 390 g/mol. The summed E-state index contributed by atoms with van der Waals surface area (Å²) >= 11 is 0. The highest BCUT2D eigenvalue weighted by Crippen LogP contribution is 2.16. The zero-order valence-corrected chi connectivity index (χ0v) is 17.2. The van der Waals surface area contributed by atoms with Crippen LogP contribution in [0.2, 0.25) is 0 Å². The van der Waals surface area contributed by atoms with Gasteiger partial charge in [-0.25, -0.2) is 9.97 Å². The number of nitrogens with one attached hydrogen (secondary N) is 2. The zero-order chi connectivity index (χ0) is 20.8. The molecule has 2 N–H and O–H groups in total. The monoisotopic (exact) mass is 390 g/mol. The Balaban J connectivity index is 1.64. The molecule has 3 aromatic rings. The summed E-state index contributed by atoms with van der Waals surface area (Å²) < 4.78 is 5.18. The Morgan fingerprint density at radius 1 is 0.966 bits per heavy atom. The number of carbonyl (C=O) groups excluding carboxylic acids is 1. The topological polar surface area (TPSA) is 76.1 Å². The molecule has 6 nitrogen and oxygen atoms in total. The molecular formula is C23H26N4O2. The summed E-state index contributed by atoms with van der Waals surface area (Å²) in [7, 11) is 1.65. The van der Waals surface area contributed by atoms with Crippen LogP contribution >= 0.6 is 0 Å². The molecule has 0 bridgehead atoms. The Morgan fingerprint density at radius 3 is 2.31 bits per heavy atom. The molecule has 3 rings (SSSR count). The summed E-state index contributed by atoms with van der Waals surface area (Å²) in [4.78, 5) is 21.3. The second-order valence-corrected chi connectivity index (χ2v) is 7.04. The number of nitrogens with zero attached hydrogens (tertiary/aromatic N) is 2. The van der Waals surface area contributed by atoms with Crippen LogP contribution < -0.4 is 15.4 Å². The SMILES string of the molecule is COc1ccc(CCNc2cc(C(=O)Nc3cc(C)cc(C)c3)nc(C)n2)cc1. The third kappa shape index (κ3) is 5.78. The Kier molecular flexibility index (Phi) is 6.44. The first-order chi connectivity index (χ1) is 13.9. The van der Waals surface area contributed by atoms with E-state index in [1.807, 2.05) is 50.2 Å². The molecule has 0 spiro atoms. The van der Waals surface area contributed by atoms with Gasteiger partial charge >= 0.3 is 0 Å². The molecule has 0 aliphatic rings. The zero-order valence-electron chi connectivity index (χ0n) is 17.2. The van der Waals surface area contributed by atoms with Gasteiger partial charge in [0.05, 0.1) is 7.11 Å². The summed E-state index contributed by atoms with van der Waals surface area (Å²) in [6.45, 7) is 6.48. The molecule has 0 fully saturated rings. The molecule has 0 aliphatic heterocycles. The Labute approximate surface area is 171 Å². The van der Waals surface area contributed by atoms with Gasteiger partial charge in [-0.3, -0.25) is 4.79 Å². The Hall–Kier alpha value is -3.41. The fraction of sp³-hybridized carbons (Fsp3) is 0.261. The Bertz CT molecular complexity index is 980. The van der Waals surface area contributed by atoms with Gasteiger partial charge in [-0.05, 0) is 68.1 Å². The van der Waals surface area contributed by atoms with Gasteiger partial charge in [0.25, 0.3) is 5.91 Å². The lowest BCUT2D eigenvalue weighted by molar-refractivity contribution is 0.102. The smallest absolute Gasteiger partial charge is 0.274 e. The van der Waals surface area contributed by atoms with Crippen LogP contribution in [0.25, 0.3) is 0 Å². The fourth-order valence-corrected chi connectivity index (χ4v) is 3.14. The summed E-state index contributed by atoms with van der Waals surface area (Å²) in [5.74, 6) is 1.77. The van der Waals surface area contributed by atoms with E-state index in [0.717, 1.165) is 29.0 Å². The van der Waals surface area contributed by atoms with Crippen LogP contribution in [-0.4, -0.2) is 29.5 Å². The van der Waals surface area contributed by atoms with Crippen molar-refractivity contribution >= 4 is 17.4 Å². The van der Waals surface area contributed by atoms with Crippen LogP contribution in [-0.2, 0) is 6.42 Å².